The van der Waals surface area contributed by atoms with Gasteiger partial charge in [0.2, 0.25) is 16.0 Å². The lowest BCUT2D eigenvalue weighted by molar-refractivity contribution is 0.256. The van der Waals surface area contributed by atoms with Crippen LogP contribution in [-0.4, -0.2) is 56.3 Å². The van der Waals surface area contributed by atoms with E-state index >= 15 is 0 Å². The minimum Gasteiger partial charge on any atom is -0.467 e. The SMILES string of the molecule is COc1nc(NC(=O)NS(=O)(=O)c2cccc3c2S(=O)(=O)N(C)C3)nc(C2CC2)n1. The highest BCUT2D eigenvalue weighted by atomic mass is 32.2. The normalized spacial score (nSPS) is 17.9. The zero-order valence-electron chi connectivity index (χ0n) is 16.0. The van der Waals surface area contributed by atoms with Gasteiger partial charge in [-0.3, -0.25) is 5.32 Å². The van der Waals surface area contributed by atoms with Gasteiger partial charge in [-0.15, -0.1) is 0 Å². The van der Waals surface area contributed by atoms with Crippen molar-refractivity contribution >= 4 is 32.0 Å². The first-order valence-electron chi connectivity index (χ1n) is 8.84. The highest BCUT2D eigenvalue weighted by molar-refractivity contribution is 7.92. The molecule has 30 heavy (non-hydrogen) atoms. The maximum absolute atomic E-state index is 12.8. The summed E-state index contributed by atoms with van der Waals surface area (Å²) in [7, 11) is -5.78. The quantitative estimate of drug-likeness (QED) is 0.651. The molecule has 14 heteroatoms. The van der Waals surface area contributed by atoms with E-state index in [-0.39, 0.29) is 29.3 Å². The lowest BCUT2D eigenvalue weighted by Crippen LogP contribution is -2.35. The van der Waals surface area contributed by atoms with E-state index in [1.54, 1.807) is 4.72 Å². The second-order valence-electron chi connectivity index (χ2n) is 6.84. The van der Waals surface area contributed by atoms with Gasteiger partial charge in [0.1, 0.15) is 15.6 Å². The number of carbonyl (C=O) groups is 1. The number of hydrogen-bond acceptors (Lipinski definition) is 9. The van der Waals surface area contributed by atoms with Crippen LogP contribution >= 0.6 is 0 Å². The van der Waals surface area contributed by atoms with Crippen LogP contribution in [0, 0.1) is 0 Å². The molecule has 1 aromatic heterocycles. The lowest BCUT2D eigenvalue weighted by Gasteiger charge is -2.12. The van der Waals surface area contributed by atoms with E-state index in [0.717, 1.165) is 23.2 Å². The van der Waals surface area contributed by atoms with Crippen molar-refractivity contribution in [3.8, 4) is 6.01 Å². The third kappa shape index (κ3) is 3.68. The van der Waals surface area contributed by atoms with Gasteiger partial charge >= 0.3 is 12.0 Å². The largest absolute Gasteiger partial charge is 0.467 e. The number of sulfonamides is 2. The molecule has 0 atom stereocenters. The Labute approximate surface area is 172 Å². The van der Waals surface area contributed by atoms with Crippen LogP contribution in [0.25, 0.3) is 0 Å². The van der Waals surface area contributed by atoms with E-state index in [1.165, 1.54) is 26.3 Å². The number of urea groups is 1. The smallest absolute Gasteiger partial charge is 0.335 e. The summed E-state index contributed by atoms with van der Waals surface area (Å²) in [6.45, 7) is 0.0435. The Morgan fingerprint density at radius 1 is 1.23 bits per heavy atom. The van der Waals surface area contributed by atoms with Crippen molar-refractivity contribution < 1.29 is 26.4 Å². The summed E-state index contributed by atoms with van der Waals surface area (Å²) in [6, 6.07) is 2.90. The van der Waals surface area contributed by atoms with Gasteiger partial charge in [-0.05, 0) is 24.5 Å². The molecule has 2 aromatic rings. The Kier molecular flexibility index (Phi) is 4.86. The van der Waals surface area contributed by atoms with E-state index in [2.05, 4.69) is 20.3 Å². The number of aromatic nitrogens is 3. The Morgan fingerprint density at radius 3 is 2.63 bits per heavy atom. The van der Waals surface area contributed by atoms with E-state index in [0.29, 0.717) is 11.4 Å². The van der Waals surface area contributed by atoms with Crippen LogP contribution in [0.1, 0.15) is 30.1 Å². The molecule has 2 aliphatic rings. The van der Waals surface area contributed by atoms with Crippen LogP contribution in [0.4, 0.5) is 10.7 Å². The van der Waals surface area contributed by atoms with Crippen molar-refractivity contribution in [2.45, 2.75) is 35.1 Å². The molecule has 0 bridgehead atoms. The number of methoxy groups -OCH3 is 1. The number of nitrogens with zero attached hydrogens (tertiary/aromatic N) is 4. The Bertz CT molecular complexity index is 1240. The maximum Gasteiger partial charge on any atom is 0.335 e. The molecule has 2 N–H and O–H groups in total. The van der Waals surface area contributed by atoms with Crippen molar-refractivity contribution in [2.24, 2.45) is 0 Å². The molecule has 1 aliphatic carbocycles. The maximum atomic E-state index is 12.8. The number of benzene rings is 1. The van der Waals surface area contributed by atoms with Crippen molar-refractivity contribution in [3.05, 3.63) is 29.6 Å². The zero-order valence-corrected chi connectivity index (χ0v) is 17.6. The van der Waals surface area contributed by atoms with Gasteiger partial charge in [0.25, 0.3) is 10.0 Å². The number of nitrogens with one attached hydrogen (secondary N) is 2. The first-order chi connectivity index (χ1) is 14.1. The molecular formula is C16H18N6O6S2. The average molecular weight is 454 g/mol. The van der Waals surface area contributed by atoms with Crippen molar-refractivity contribution in [1.29, 1.82) is 0 Å². The molecule has 0 unspecified atom stereocenters. The Balaban J connectivity index is 1.59. The first-order valence-corrected chi connectivity index (χ1v) is 11.8. The summed E-state index contributed by atoms with van der Waals surface area (Å²) in [5.41, 5.74) is 0.331. The topological polar surface area (TPSA) is 161 Å². The fraction of sp³-hybridized carbons (Fsp3) is 0.375. The summed E-state index contributed by atoms with van der Waals surface area (Å²) < 4.78 is 58.3. The van der Waals surface area contributed by atoms with Gasteiger partial charge in [-0.1, -0.05) is 12.1 Å². The number of ether oxygens (including phenoxy) is 1. The minimum atomic E-state index is -4.50. The van der Waals surface area contributed by atoms with Crippen molar-refractivity contribution in [2.75, 3.05) is 19.5 Å². The summed E-state index contributed by atoms with van der Waals surface area (Å²) in [4.78, 5) is 23.6. The highest BCUT2D eigenvalue weighted by Crippen LogP contribution is 2.38. The van der Waals surface area contributed by atoms with Gasteiger partial charge in [-0.25, -0.2) is 26.4 Å². The molecule has 1 aliphatic heterocycles. The van der Waals surface area contributed by atoms with Gasteiger partial charge in [-0.2, -0.15) is 19.3 Å². The predicted molar refractivity (Wildman–Crippen MR) is 103 cm³/mol. The predicted octanol–water partition coefficient (Wildman–Crippen LogP) is 0.402. The van der Waals surface area contributed by atoms with E-state index in [4.69, 9.17) is 4.74 Å². The van der Waals surface area contributed by atoms with Crippen LogP contribution in [-0.2, 0) is 26.6 Å². The number of rotatable bonds is 5. The molecule has 1 saturated carbocycles. The zero-order chi connectivity index (χ0) is 21.7. The second kappa shape index (κ2) is 7.14. The van der Waals surface area contributed by atoms with Gasteiger partial charge in [0.05, 0.1) is 7.11 Å². The second-order valence-corrected chi connectivity index (χ2v) is 10.5. The van der Waals surface area contributed by atoms with E-state index < -0.39 is 31.0 Å². The molecule has 160 valence electrons. The molecule has 1 aromatic carbocycles. The fourth-order valence-corrected chi connectivity index (χ4v) is 6.11. The molecule has 12 nitrogen and oxygen atoms in total. The van der Waals surface area contributed by atoms with Crippen molar-refractivity contribution in [1.82, 2.24) is 24.0 Å². The third-order valence-electron chi connectivity index (χ3n) is 4.62. The molecule has 4 rings (SSSR count). The molecular weight excluding hydrogens is 436 g/mol. The highest BCUT2D eigenvalue weighted by Gasteiger charge is 2.38. The third-order valence-corrected chi connectivity index (χ3v) is 8.07. The van der Waals surface area contributed by atoms with Crippen LogP contribution < -0.4 is 14.8 Å². The van der Waals surface area contributed by atoms with Gasteiger partial charge in [0.15, 0.2) is 0 Å². The summed E-state index contributed by atoms with van der Waals surface area (Å²) in [5.74, 6) is 0.403. The summed E-state index contributed by atoms with van der Waals surface area (Å²) in [5, 5.41) is 2.23. The number of carbonyl (C=O) groups excluding carboxylic acids is 1. The first kappa shape index (κ1) is 20.4. The number of anilines is 1. The van der Waals surface area contributed by atoms with Gasteiger partial charge in [0, 0.05) is 19.5 Å². The summed E-state index contributed by atoms with van der Waals surface area (Å²) in [6.07, 6.45) is 1.80. The molecule has 2 heterocycles. The fourth-order valence-electron chi connectivity index (χ4n) is 3.02. The van der Waals surface area contributed by atoms with Crippen molar-refractivity contribution in [3.63, 3.8) is 0 Å². The summed E-state index contributed by atoms with van der Waals surface area (Å²) >= 11 is 0. The molecule has 0 saturated heterocycles. The number of fused-ring (bicyclic) bond motifs is 1. The monoisotopic (exact) mass is 454 g/mol. The molecule has 0 spiro atoms. The van der Waals surface area contributed by atoms with E-state index in [1.807, 2.05) is 0 Å². The van der Waals surface area contributed by atoms with Crippen LogP contribution in [0.2, 0.25) is 0 Å². The number of amides is 2. The molecule has 1 fully saturated rings. The average Bonchev–Trinajstić information content (AvgIpc) is 3.48. The Morgan fingerprint density at radius 2 is 1.97 bits per heavy atom. The van der Waals surface area contributed by atoms with Crippen LogP contribution in [0.15, 0.2) is 28.0 Å². The molecule has 2 amide bonds. The lowest BCUT2D eigenvalue weighted by atomic mass is 10.2. The Hall–Kier alpha value is -2.84. The van der Waals surface area contributed by atoms with Crippen LogP contribution in [0.5, 0.6) is 6.01 Å². The molecule has 0 radical (unpaired) electrons. The van der Waals surface area contributed by atoms with E-state index in [9.17, 15) is 21.6 Å². The van der Waals surface area contributed by atoms with Crippen LogP contribution in [0.3, 0.4) is 0 Å². The standard InChI is InChI=1S/C16H18N6O6S2/c1-22-8-10-4-3-5-11(12(10)30(22,26)27)29(24,25)21-15(23)19-14-17-13(9-6-7-9)18-16(20-14)28-2/h3-5,9H,6-8H2,1-2H3,(H2,17,18,19,20,21,23). The number of hydrogen-bond donors (Lipinski definition) is 2. The van der Waals surface area contributed by atoms with Gasteiger partial charge < -0.3 is 4.74 Å². The minimum absolute atomic E-state index is 0.0138.